The minimum atomic E-state index is -0.251. The highest BCUT2D eigenvalue weighted by molar-refractivity contribution is 6.18. The van der Waals surface area contributed by atoms with Gasteiger partial charge >= 0.3 is 0 Å². The summed E-state index contributed by atoms with van der Waals surface area (Å²) in [7, 11) is 0. The molecule has 0 radical (unpaired) electrons. The molecule has 102 valence electrons. The third kappa shape index (κ3) is 3.25. The molecule has 0 spiro atoms. The number of alkyl halides is 1. The molecule has 1 rings (SSSR count). The molecule has 1 heterocycles. The Morgan fingerprint density at radius 3 is 2.56 bits per heavy atom. The summed E-state index contributed by atoms with van der Waals surface area (Å²) >= 11 is 6.03. The molecule has 0 bridgehead atoms. The van der Waals surface area contributed by atoms with Crippen LogP contribution in [0, 0.1) is 0 Å². The van der Waals surface area contributed by atoms with Crippen LogP contribution in [0.5, 0.6) is 0 Å². The summed E-state index contributed by atoms with van der Waals surface area (Å²) in [6.07, 6.45) is 6.01. The lowest BCUT2D eigenvalue weighted by Crippen LogP contribution is -2.42. The van der Waals surface area contributed by atoms with Crippen LogP contribution in [0.2, 0.25) is 0 Å². The fourth-order valence-corrected chi connectivity index (χ4v) is 2.30. The minimum absolute atomic E-state index is 0.0734. The van der Waals surface area contributed by atoms with E-state index in [1.807, 2.05) is 6.92 Å². The number of anilines is 1. The van der Waals surface area contributed by atoms with Gasteiger partial charge in [0.15, 0.2) is 5.82 Å². The fraction of sp³-hybridized carbons (Fsp3) is 0.692. The molecule has 0 atom stereocenters. The third-order valence-corrected chi connectivity index (χ3v) is 3.88. The van der Waals surface area contributed by atoms with E-state index in [0.717, 1.165) is 19.3 Å². The second kappa shape index (κ2) is 6.78. The van der Waals surface area contributed by atoms with Crippen molar-refractivity contribution in [3.8, 4) is 0 Å². The number of nitrogens with zero attached hydrogens (tertiary/aromatic N) is 2. The molecule has 0 saturated heterocycles. The Balaban J connectivity index is 3.04. The van der Waals surface area contributed by atoms with E-state index in [2.05, 4.69) is 24.1 Å². The standard InChI is InChI=1S/C13H22ClN3O/c1-4-8-17-9-7-15-11(12(17)18)16-13(5-2,6-3)10-14/h7,9H,4-6,8,10H2,1-3H3,(H,15,16). The van der Waals surface area contributed by atoms with Crippen LogP contribution in [0.3, 0.4) is 0 Å². The SMILES string of the molecule is CCCn1ccnc(NC(CC)(CC)CCl)c1=O. The molecule has 1 aromatic rings. The van der Waals surface area contributed by atoms with Gasteiger partial charge in [0.1, 0.15) is 0 Å². The summed E-state index contributed by atoms with van der Waals surface area (Å²) in [5, 5.41) is 3.23. The average molecular weight is 272 g/mol. The maximum atomic E-state index is 12.2. The first-order chi connectivity index (χ1) is 8.62. The molecule has 0 aliphatic heterocycles. The van der Waals surface area contributed by atoms with Crippen LogP contribution in [0.4, 0.5) is 5.82 Å². The zero-order valence-electron chi connectivity index (χ0n) is 11.4. The van der Waals surface area contributed by atoms with Crippen molar-refractivity contribution < 1.29 is 0 Å². The Morgan fingerprint density at radius 2 is 2.06 bits per heavy atom. The van der Waals surface area contributed by atoms with E-state index in [9.17, 15) is 4.79 Å². The second-order valence-corrected chi connectivity index (χ2v) is 4.79. The van der Waals surface area contributed by atoms with Gasteiger partial charge in [-0.1, -0.05) is 20.8 Å². The Labute approximate surface area is 113 Å². The fourth-order valence-electron chi connectivity index (χ4n) is 1.85. The normalized spacial score (nSPS) is 11.6. The number of rotatable bonds is 7. The van der Waals surface area contributed by atoms with Crippen LogP contribution in [0.15, 0.2) is 17.2 Å². The monoisotopic (exact) mass is 271 g/mol. The first kappa shape index (κ1) is 15.0. The number of hydrogen-bond acceptors (Lipinski definition) is 3. The number of hydrogen-bond donors (Lipinski definition) is 1. The zero-order chi connectivity index (χ0) is 13.6. The molecule has 0 saturated carbocycles. The summed E-state index contributed by atoms with van der Waals surface area (Å²) in [4.78, 5) is 16.3. The van der Waals surface area contributed by atoms with Crippen molar-refractivity contribution in [2.75, 3.05) is 11.2 Å². The lowest BCUT2D eigenvalue weighted by atomic mass is 9.95. The van der Waals surface area contributed by atoms with Crippen LogP contribution >= 0.6 is 11.6 Å². The van der Waals surface area contributed by atoms with E-state index >= 15 is 0 Å². The van der Waals surface area contributed by atoms with Crippen molar-refractivity contribution in [3.05, 3.63) is 22.7 Å². The van der Waals surface area contributed by atoms with Crippen LogP contribution in [0.1, 0.15) is 40.0 Å². The lowest BCUT2D eigenvalue weighted by Gasteiger charge is -2.30. The van der Waals surface area contributed by atoms with Gasteiger partial charge in [-0.2, -0.15) is 0 Å². The van der Waals surface area contributed by atoms with Crippen molar-refractivity contribution in [1.82, 2.24) is 9.55 Å². The van der Waals surface area contributed by atoms with Crippen molar-refractivity contribution >= 4 is 17.4 Å². The molecule has 4 nitrogen and oxygen atoms in total. The second-order valence-electron chi connectivity index (χ2n) is 4.52. The minimum Gasteiger partial charge on any atom is -0.359 e. The first-order valence-electron chi connectivity index (χ1n) is 6.52. The molecule has 1 aromatic heterocycles. The Hall–Kier alpha value is -1.03. The van der Waals surface area contributed by atoms with E-state index < -0.39 is 0 Å². The van der Waals surface area contributed by atoms with Crippen molar-refractivity contribution in [2.45, 2.75) is 52.1 Å². The summed E-state index contributed by atoms with van der Waals surface area (Å²) in [5.74, 6) is 0.861. The predicted molar refractivity (Wildman–Crippen MR) is 76.4 cm³/mol. The van der Waals surface area contributed by atoms with Crippen LogP contribution < -0.4 is 10.9 Å². The Morgan fingerprint density at radius 1 is 1.39 bits per heavy atom. The Kier molecular flexibility index (Phi) is 5.66. The maximum absolute atomic E-state index is 12.2. The van der Waals surface area contributed by atoms with Crippen LogP contribution in [0.25, 0.3) is 0 Å². The summed E-state index contributed by atoms with van der Waals surface area (Å²) < 4.78 is 1.68. The summed E-state index contributed by atoms with van der Waals surface area (Å²) in [5.41, 5.74) is -0.324. The van der Waals surface area contributed by atoms with Gasteiger partial charge in [-0.25, -0.2) is 4.98 Å². The zero-order valence-corrected chi connectivity index (χ0v) is 12.1. The maximum Gasteiger partial charge on any atom is 0.293 e. The van der Waals surface area contributed by atoms with Gasteiger partial charge in [-0.15, -0.1) is 11.6 Å². The van der Waals surface area contributed by atoms with Gasteiger partial charge in [0.2, 0.25) is 0 Å². The highest BCUT2D eigenvalue weighted by Gasteiger charge is 2.26. The molecule has 0 amide bonds. The smallest absolute Gasteiger partial charge is 0.293 e. The van der Waals surface area contributed by atoms with Crippen molar-refractivity contribution in [1.29, 1.82) is 0 Å². The summed E-state index contributed by atoms with van der Waals surface area (Å²) in [6.45, 7) is 6.88. The van der Waals surface area contributed by atoms with E-state index in [-0.39, 0.29) is 11.1 Å². The number of halogens is 1. The van der Waals surface area contributed by atoms with Crippen molar-refractivity contribution in [3.63, 3.8) is 0 Å². The molecule has 0 aromatic carbocycles. The molecule has 0 unspecified atom stereocenters. The quantitative estimate of drug-likeness (QED) is 0.776. The predicted octanol–water partition coefficient (Wildman–Crippen LogP) is 2.86. The lowest BCUT2D eigenvalue weighted by molar-refractivity contribution is 0.480. The van der Waals surface area contributed by atoms with E-state index in [1.54, 1.807) is 17.0 Å². The molecule has 18 heavy (non-hydrogen) atoms. The van der Waals surface area contributed by atoms with Gasteiger partial charge in [0, 0.05) is 24.8 Å². The average Bonchev–Trinajstić information content (AvgIpc) is 2.41. The first-order valence-corrected chi connectivity index (χ1v) is 7.05. The van der Waals surface area contributed by atoms with Gasteiger partial charge in [-0.3, -0.25) is 4.79 Å². The van der Waals surface area contributed by atoms with Gasteiger partial charge in [0.05, 0.1) is 5.54 Å². The van der Waals surface area contributed by atoms with E-state index in [4.69, 9.17) is 11.6 Å². The highest BCUT2D eigenvalue weighted by atomic mass is 35.5. The van der Waals surface area contributed by atoms with E-state index in [1.165, 1.54) is 0 Å². The third-order valence-electron chi connectivity index (χ3n) is 3.37. The summed E-state index contributed by atoms with van der Waals surface area (Å²) in [6, 6.07) is 0. The number of nitrogens with one attached hydrogen (secondary N) is 1. The largest absolute Gasteiger partial charge is 0.359 e. The molecule has 0 fully saturated rings. The molecular formula is C13H22ClN3O. The van der Waals surface area contributed by atoms with Gasteiger partial charge < -0.3 is 9.88 Å². The number of aromatic nitrogens is 2. The van der Waals surface area contributed by atoms with Crippen LogP contribution in [-0.2, 0) is 6.54 Å². The van der Waals surface area contributed by atoms with Gasteiger partial charge in [-0.05, 0) is 19.3 Å². The molecule has 0 aliphatic carbocycles. The highest BCUT2D eigenvalue weighted by Crippen LogP contribution is 2.21. The Bertz CT molecular complexity index is 418. The topological polar surface area (TPSA) is 46.9 Å². The molecular weight excluding hydrogens is 250 g/mol. The van der Waals surface area contributed by atoms with Gasteiger partial charge in [0.25, 0.3) is 5.56 Å². The van der Waals surface area contributed by atoms with Crippen molar-refractivity contribution in [2.24, 2.45) is 0 Å². The number of aryl methyl sites for hydroxylation is 1. The van der Waals surface area contributed by atoms with E-state index in [0.29, 0.717) is 18.2 Å². The molecule has 5 heteroatoms. The van der Waals surface area contributed by atoms with Crippen LogP contribution in [-0.4, -0.2) is 21.0 Å². The molecule has 0 aliphatic rings. The molecule has 1 N–H and O–H groups in total.